The molecule has 0 saturated heterocycles. The lowest BCUT2D eigenvalue weighted by atomic mass is 9.94. The van der Waals surface area contributed by atoms with Crippen LogP contribution in [0.2, 0.25) is 0 Å². The Morgan fingerprint density at radius 3 is 2.06 bits per heavy atom. The molecule has 0 heterocycles. The summed E-state index contributed by atoms with van der Waals surface area (Å²) in [6, 6.07) is 0. The van der Waals surface area contributed by atoms with E-state index in [-0.39, 0.29) is 19.0 Å². The van der Waals surface area contributed by atoms with Crippen molar-refractivity contribution in [3.05, 3.63) is 0 Å². The Balaban J connectivity index is 0. The van der Waals surface area contributed by atoms with E-state index >= 15 is 0 Å². The number of carbonyl (C=O) groups is 1. The summed E-state index contributed by atoms with van der Waals surface area (Å²) in [6.07, 6.45) is -4.57. The molecule has 0 aliphatic carbocycles. The molecule has 0 rings (SSSR count). The van der Waals surface area contributed by atoms with Crippen LogP contribution in [0.1, 0.15) is 39.5 Å². The van der Waals surface area contributed by atoms with Crippen LogP contribution < -0.4 is 11.1 Å². The quantitative estimate of drug-likeness (QED) is 0.783. The second kappa shape index (κ2) is 7.76. The topological polar surface area (TPSA) is 55.1 Å². The Morgan fingerprint density at radius 2 is 1.71 bits per heavy atom. The van der Waals surface area contributed by atoms with Gasteiger partial charge < -0.3 is 11.1 Å². The molecule has 0 aromatic rings. The van der Waals surface area contributed by atoms with Crippen molar-refractivity contribution >= 4 is 18.3 Å². The van der Waals surface area contributed by atoms with Crippen molar-refractivity contribution in [1.29, 1.82) is 0 Å². The van der Waals surface area contributed by atoms with Crippen LogP contribution in [0.15, 0.2) is 0 Å². The van der Waals surface area contributed by atoms with Crippen molar-refractivity contribution in [2.45, 2.75) is 51.2 Å². The van der Waals surface area contributed by atoms with E-state index in [1.807, 2.05) is 13.8 Å². The summed E-state index contributed by atoms with van der Waals surface area (Å²) in [5.74, 6) is -0.603. The maximum Gasteiger partial charge on any atom is 0.389 e. The summed E-state index contributed by atoms with van der Waals surface area (Å²) in [7, 11) is 0. The van der Waals surface area contributed by atoms with Gasteiger partial charge in [-0.15, -0.1) is 12.4 Å². The van der Waals surface area contributed by atoms with E-state index in [2.05, 4.69) is 5.32 Å². The van der Waals surface area contributed by atoms with Gasteiger partial charge in [-0.05, 0) is 12.8 Å². The molecule has 0 aliphatic heterocycles. The van der Waals surface area contributed by atoms with Crippen molar-refractivity contribution in [2.75, 3.05) is 6.54 Å². The number of nitrogens with two attached hydrogens (primary N) is 1. The van der Waals surface area contributed by atoms with Crippen molar-refractivity contribution in [3.63, 3.8) is 0 Å². The fourth-order valence-corrected chi connectivity index (χ4v) is 1.12. The SMILES string of the molecule is CCC(N)(CC)CNC(=O)CCC(F)(F)F.Cl. The number of amides is 1. The van der Waals surface area contributed by atoms with Crippen LogP contribution in [0, 0.1) is 0 Å². The van der Waals surface area contributed by atoms with Gasteiger partial charge in [0.15, 0.2) is 0 Å². The van der Waals surface area contributed by atoms with Crippen LogP contribution in [0.4, 0.5) is 13.2 Å². The first-order valence-electron chi connectivity index (χ1n) is 5.35. The number of rotatable bonds is 6. The minimum Gasteiger partial charge on any atom is -0.354 e. The molecule has 0 aliphatic rings. The molecule has 0 spiro atoms. The molecule has 0 radical (unpaired) electrons. The highest BCUT2D eigenvalue weighted by Crippen LogP contribution is 2.21. The number of hydrogen-bond donors (Lipinski definition) is 2. The first-order chi connectivity index (χ1) is 7.22. The maximum atomic E-state index is 11.8. The Labute approximate surface area is 106 Å². The highest BCUT2D eigenvalue weighted by atomic mass is 35.5. The van der Waals surface area contributed by atoms with Crippen LogP contribution in [0.3, 0.4) is 0 Å². The molecule has 0 unspecified atom stereocenters. The Morgan fingerprint density at radius 1 is 1.24 bits per heavy atom. The van der Waals surface area contributed by atoms with Gasteiger partial charge in [0.25, 0.3) is 0 Å². The molecule has 3 nitrogen and oxygen atoms in total. The molecule has 0 fully saturated rings. The van der Waals surface area contributed by atoms with Crippen LogP contribution in [0.25, 0.3) is 0 Å². The monoisotopic (exact) mass is 276 g/mol. The molecule has 0 atom stereocenters. The van der Waals surface area contributed by atoms with Crippen LogP contribution in [-0.2, 0) is 4.79 Å². The molecule has 17 heavy (non-hydrogen) atoms. The Hall–Kier alpha value is -0.490. The first-order valence-corrected chi connectivity index (χ1v) is 5.35. The van der Waals surface area contributed by atoms with Gasteiger partial charge in [0.2, 0.25) is 5.91 Å². The minimum absolute atomic E-state index is 0. The smallest absolute Gasteiger partial charge is 0.354 e. The molecular formula is C10H20ClF3N2O. The zero-order valence-corrected chi connectivity index (χ0v) is 10.9. The molecule has 3 N–H and O–H groups in total. The van der Waals surface area contributed by atoms with Crippen LogP contribution >= 0.6 is 12.4 Å². The molecule has 0 aromatic carbocycles. The average molecular weight is 277 g/mol. The number of carbonyl (C=O) groups excluding carboxylic acids is 1. The zero-order chi connectivity index (χ0) is 12.8. The minimum atomic E-state index is -4.29. The predicted octanol–water partition coefficient (Wildman–Crippen LogP) is 2.38. The van der Waals surface area contributed by atoms with E-state index in [1.54, 1.807) is 0 Å². The third kappa shape index (κ3) is 9.23. The number of halogens is 4. The molecule has 0 saturated carbocycles. The van der Waals surface area contributed by atoms with E-state index in [4.69, 9.17) is 5.73 Å². The standard InChI is InChI=1S/C10H19F3N2O.ClH/c1-3-9(14,4-2)7-15-8(16)5-6-10(11,12)13;/h3-7,14H2,1-2H3,(H,15,16);1H. The molecule has 7 heteroatoms. The second-order valence-corrected chi connectivity index (χ2v) is 3.96. The summed E-state index contributed by atoms with van der Waals surface area (Å²) in [4.78, 5) is 11.1. The number of alkyl halides is 3. The van der Waals surface area contributed by atoms with Gasteiger partial charge in [0.1, 0.15) is 0 Å². The normalized spacial score (nSPS) is 11.9. The van der Waals surface area contributed by atoms with Gasteiger partial charge >= 0.3 is 6.18 Å². The Kier molecular flexibility index (Phi) is 8.61. The van der Waals surface area contributed by atoms with Gasteiger partial charge in [-0.3, -0.25) is 4.79 Å². The summed E-state index contributed by atoms with van der Waals surface area (Å²) in [5.41, 5.74) is 5.37. The van der Waals surface area contributed by atoms with E-state index in [1.165, 1.54) is 0 Å². The average Bonchev–Trinajstić information content (AvgIpc) is 2.22. The fraction of sp³-hybridized carbons (Fsp3) is 0.900. The number of nitrogens with one attached hydrogen (secondary N) is 1. The fourth-order valence-electron chi connectivity index (χ4n) is 1.12. The van der Waals surface area contributed by atoms with E-state index in [0.29, 0.717) is 12.8 Å². The highest BCUT2D eigenvalue weighted by molar-refractivity contribution is 5.85. The van der Waals surface area contributed by atoms with Crippen molar-refractivity contribution < 1.29 is 18.0 Å². The van der Waals surface area contributed by atoms with Crippen molar-refractivity contribution in [2.24, 2.45) is 5.73 Å². The molecule has 0 bridgehead atoms. The van der Waals surface area contributed by atoms with Gasteiger partial charge in [-0.2, -0.15) is 13.2 Å². The van der Waals surface area contributed by atoms with Crippen LogP contribution in [0.5, 0.6) is 0 Å². The van der Waals surface area contributed by atoms with Gasteiger partial charge in [-0.25, -0.2) is 0 Å². The van der Waals surface area contributed by atoms with E-state index in [9.17, 15) is 18.0 Å². The third-order valence-corrected chi connectivity index (χ3v) is 2.68. The second-order valence-electron chi connectivity index (χ2n) is 3.96. The predicted molar refractivity (Wildman–Crippen MR) is 63.0 cm³/mol. The zero-order valence-electron chi connectivity index (χ0n) is 10.1. The van der Waals surface area contributed by atoms with Gasteiger partial charge in [0, 0.05) is 18.5 Å². The summed E-state index contributed by atoms with van der Waals surface area (Å²) < 4.78 is 35.5. The van der Waals surface area contributed by atoms with E-state index in [0.717, 1.165) is 0 Å². The Bertz CT molecular complexity index is 230. The first kappa shape index (κ1) is 18.9. The lowest BCUT2D eigenvalue weighted by molar-refractivity contribution is -0.144. The number of hydrogen-bond acceptors (Lipinski definition) is 2. The van der Waals surface area contributed by atoms with Crippen LogP contribution in [-0.4, -0.2) is 24.2 Å². The van der Waals surface area contributed by atoms with Crippen molar-refractivity contribution in [3.8, 4) is 0 Å². The summed E-state index contributed by atoms with van der Waals surface area (Å²) >= 11 is 0. The highest BCUT2D eigenvalue weighted by Gasteiger charge is 2.28. The van der Waals surface area contributed by atoms with Crippen molar-refractivity contribution in [1.82, 2.24) is 5.32 Å². The molecule has 1 amide bonds. The van der Waals surface area contributed by atoms with Gasteiger partial charge in [0.05, 0.1) is 6.42 Å². The summed E-state index contributed by atoms with van der Waals surface area (Å²) in [6.45, 7) is 3.98. The maximum absolute atomic E-state index is 11.8. The molecule has 0 aromatic heterocycles. The van der Waals surface area contributed by atoms with E-state index < -0.39 is 30.5 Å². The molecule has 104 valence electrons. The summed E-state index contributed by atoms with van der Waals surface area (Å²) in [5, 5.41) is 2.43. The van der Waals surface area contributed by atoms with Gasteiger partial charge in [-0.1, -0.05) is 13.8 Å². The largest absolute Gasteiger partial charge is 0.389 e. The lowest BCUT2D eigenvalue weighted by Gasteiger charge is -2.26. The molecular weight excluding hydrogens is 257 g/mol. The third-order valence-electron chi connectivity index (χ3n) is 2.68. The lowest BCUT2D eigenvalue weighted by Crippen LogP contribution is -2.49.